The number of rotatable bonds is 1. The Bertz CT molecular complexity index is 985. The van der Waals surface area contributed by atoms with E-state index in [1.165, 1.54) is 7.11 Å². The molecule has 0 radical (unpaired) electrons. The van der Waals surface area contributed by atoms with Crippen molar-refractivity contribution in [3.05, 3.63) is 30.6 Å². The predicted molar refractivity (Wildman–Crippen MR) is 79.3 cm³/mol. The number of nitrogens with one attached hydrogen (secondary N) is 3. The van der Waals surface area contributed by atoms with Gasteiger partial charge in [0.25, 0.3) is 0 Å². The quantitative estimate of drug-likeness (QED) is 0.500. The molecule has 7 nitrogen and oxygen atoms in total. The maximum absolute atomic E-state index is 11.3. The van der Waals surface area contributed by atoms with Crippen LogP contribution in [0.5, 0.6) is 0 Å². The van der Waals surface area contributed by atoms with Gasteiger partial charge in [0.2, 0.25) is 5.95 Å². The largest absolute Gasteiger partial charge is 0.453 e. The Kier molecular flexibility index (Phi) is 2.34. The van der Waals surface area contributed by atoms with Crippen molar-refractivity contribution in [2.75, 3.05) is 12.4 Å². The molecule has 0 bridgehead atoms. The number of pyridine rings is 1. The van der Waals surface area contributed by atoms with Gasteiger partial charge in [0.05, 0.1) is 24.3 Å². The molecule has 1 aromatic carbocycles. The smallest absolute Gasteiger partial charge is 0.413 e. The van der Waals surface area contributed by atoms with Crippen LogP contribution in [0.15, 0.2) is 30.6 Å². The third kappa shape index (κ3) is 1.71. The van der Waals surface area contributed by atoms with Crippen LogP contribution in [0.1, 0.15) is 0 Å². The minimum Gasteiger partial charge on any atom is -0.453 e. The molecule has 3 heterocycles. The van der Waals surface area contributed by atoms with E-state index in [1.807, 2.05) is 18.2 Å². The van der Waals surface area contributed by atoms with Gasteiger partial charge < -0.3 is 14.7 Å². The van der Waals surface area contributed by atoms with Crippen LogP contribution < -0.4 is 5.32 Å². The second kappa shape index (κ2) is 4.20. The molecule has 21 heavy (non-hydrogen) atoms. The summed E-state index contributed by atoms with van der Waals surface area (Å²) in [4.78, 5) is 26.2. The molecule has 0 saturated heterocycles. The van der Waals surface area contributed by atoms with Crippen molar-refractivity contribution >= 4 is 44.9 Å². The van der Waals surface area contributed by atoms with Crippen LogP contribution in [0.4, 0.5) is 10.7 Å². The normalized spacial score (nSPS) is 11.3. The highest BCUT2D eigenvalue weighted by Crippen LogP contribution is 2.31. The third-order valence-corrected chi connectivity index (χ3v) is 3.42. The molecule has 0 aliphatic carbocycles. The van der Waals surface area contributed by atoms with Crippen molar-refractivity contribution in [3.8, 4) is 0 Å². The van der Waals surface area contributed by atoms with Gasteiger partial charge in [-0.2, -0.15) is 0 Å². The van der Waals surface area contributed by atoms with E-state index in [4.69, 9.17) is 0 Å². The number of benzene rings is 1. The Morgan fingerprint density at radius 3 is 2.90 bits per heavy atom. The van der Waals surface area contributed by atoms with Crippen LogP contribution in [0.3, 0.4) is 0 Å². The van der Waals surface area contributed by atoms with E-state index in [1.54, 1.807) is 12.4 Å². The summed E-state index contributed by atoms with van der Waals surface area (Å²) < 4.78 is 4.57. The lowest BCUT2D eigenvalue weighted by Crippen LogP contribution is -2.11. The minimum absolute atomic E-state index is 0.354. The number of hydrogen-bond acceptors (Lipinski definition) is 4. The number of imidazole rings is 1. The number of fused-ring (bicyclic) bond motifs is 5. The van der Waals surface area contributed by atoms with E-state index < -0.39 is 6.09 Å². The first kappa shape index (κ1) is 11.7. The van der Waals surface area contributed by atoms with Crippen molar-refractivity contribution in [3.63, 3.8) is 0 Å². The Hall–Kier alpha value is -3.09. The standard InChI is InChI=1S/C14H11N5O2/c1-21-14(20)19-13-17-9-3-2-8-11(12(9)18-13)7-4-5-15-6-10(7)16-8/h2-6,16H,1H3,(H2,17,18,19,20). The van der Waals surface area contributed by atoms with Crippen molar-refractivity contribution in [2.24, 2.45) is 0 Å². The number of anilines is 1. The topological polar surface area (TPSA) is 95.7 Å². The van der Waals surface area contributed by atoms with Gasteiger partial charge in [-0.05, 0) is 18.2 Å². The molecule has 104 valence electrons. The zero-order valence-corrected chi connectivity index (χ0v) is 11.1. The number of methoxy groups -OCH3 is 1. The number of aromatic amines is 2. The molecular formula is C14H11N5O2. The average molecular weight is 281 g/mol. The lowest BCUT2D eigenvalue weighted by atomic mass is 10.1. The van der Waals surface area contributed by atoms with Gasteiger partial charge in [-0.15, -0.1) is 0 Å². The van der Waals surface area contributed by atoms with Crippen LogP contribution in [0, 0.1) is 0 Å². The summed E-state index contributed by atoms with van der Waals surface area (Å²) in [6.45, 7) is 0. The van der Waals surface area contributed by atoms with E-state index in [-0.39, 0.29) is 0 Å². The average Bonchev–Trinajstić information content (AvgIpc) is 3.06. The zero-order chi connectivity index (χ0) is 14.4. The maximum Gasteiger partial charge on any atom is 0.413 e. The molecule has 7 heteroatoms. The molecule has 0 aliphatic rings. The number of carbonyl (C=O) groups excluding carboxylic acids is 1. The van der Waals surface area contributed by atoms with E-state index in [9.17, 15) is 4.79 Å². The molecule has 3 N–H and O–H groups in total. The summed E-state index contributed by atoms with van der Waals surface area (Å²) in [5.41, 5.74) is 3.55. The molecule has 0 saturated carbocycles. The lowest BCUT2D eigenvalue weighted by Gasteiger charge is -1.97. The number of carbonyl (C=O) groups is 1. The molecule has 0 atom stereocenters. The lowest BCUT2D eigenvalue weighted by molar-refractivity contribution is 0.186. The molecule has 4 aromatic rings. The van der Waals surface area contributed by atoms with E-state index >= 15 is 0 Å². The van der Waals surface area contributed by atoms with Gasteiger partial charge >= 0.3 is 6.09 Å². The molecule has 3 aromatic heterocycles. The first-order valence-electron chi connectivity index (χ1n) is 6.35. The number of amides is 1. The summed E-state index contributed by atoms with van der Waals surface area (Å²) in [7, 11) is 1.31. The number of hydrogen-bond donors (Lipinski definition) is 3. The molecule has 0 unspecified atom stereocenters. The first-order chi connectivity index (χ1) is 10.3. The second-order valence-electron chi connectivity index (χ2n) is 4.63. The van der Waals surface area contributed by atoms with Crippen LogP contribution in [0.25, 0.3) is 32.8 Å². The summed E-state index contributed by atoms with van der Waals surface area (Å²) >= 11 is 0. The minimum atomic E-state index is -0.562. The van der Waals surface area contributed by atoms with Gasteiger partial charge in [-0.1, -0.05) is 0 Å². The van der Waals surface area contributed by atoms with Gasteiger partial charge in [0.1, 0.15) is 5.52 Å². The summed E-state index contributed by atoms with van der Waals surface area (Å²) in [6.07, 6.45) is 2.96. The highest BCUT2D eigenvalue weighted by Gasteiger charge is 2.13. The zero-order valence-electron chi connectivity index (χ0n) is 11.1. The Morgan fingerprint density at radius 2 is 2.05 bits per heavy atom. The number of ether oxygens (including phenoxy) is 1. The Balaban J connectivity index is 2.01. The monoisotopic (exact) mass is 281 g/mol. The summed E-state index contributed by atoms with van der Waals surface area (Å²) in [5.74, 6) is 0.354. The Morgan fingerprint density at radius 1 is 1.19 bits per heavy atom. The van der Waals surface area contributed by atoms with Gasteiger partial charge in [0.15, 0.2) is 0 Å². The van der Waals surface area contributed by atoms with Crippen LogP contribution >= 0.6 is 0 Å². The number of nitrogens with zero attached hydrogens (tertiary/aromatic N) is 2. The molecule has 4 rings (SSSR count). The van der Waals surface area contributed by atoms with Crippen molar-refractivity contribution in [1.29, 1.82) is 0 Å². The summed E-state index contributed by atoms with van der Waals surface area (Å²) in [5, 5.41) is 4.58. The van der Waals surface area contributed by atoms with Crippen molar-refractivity contribution in [1.82, 2.24) is 19.9 Å². The number of H-pyrrole nitrogens is 2. The Labute approximate surface area is 118 Å². The summed E-state index contributed by atoms with van der Waals surface area (Å²) in [6, 6.07) is 5.82. The van der Waals surface area contributed by atoms with Crippen LogP contribution in [0.2, 0.25) is 0 Å². The van der Waals surface area contributed by atoms with E-state index in [0.717, 1.165) is 32.8 Å². The van der Waals surface area contributed by atoms with Gasteiger partial charge in [-0.25, -0.2) is 9.78 Å². The van der Waals surface area contributed by atoms with Crippen molar-refractivity contribution in [2.45, 2.75) is 0 Å². The first-order valence-corrected chi connectivity index (χ1v) is 6.35. The van der Waals surface area contributed by atoms with Crippen LogP contribution in [-0.4, -0.2) is 33.1 Å². The molecule has 0 fully saturated rings. The van der Waals surface area contributed by atoms with E-state index in [0.29, 0.717) is 5.95 Å². The fourth-order valence-electron chi connectivity index (χ4n) is 2.52. The fraction of sp³-hybridized carbons (Fsp3) is 0.0714. The molecular weight excluding hydrogens is 270 g/mol. The third-order valence-electron chi connectivity index (χ3n) is 3.42. The second-order valence-corrected chi connectivity index (χ2v) is 4.63. The highest BCUT2D eigenvalue weighted by molar-refractivity contribution is 6.18. The molecule has 1 amide bonds. The van der Waals surface area contributed by atoms with Crippen LogP contribution in [-0.2, 0) is 4.74 Å². The van der Waals surface area contributed by atoms with Crippen molar-refractivity contribution < 1.29 is 9.53 Å². The highest BCUT2D eigenvalue weighted by atomic mass is 16.5. The predicted octanol–water partition coefficient (Wildman–Crippen LogP) is 2.77. The SMILES string of the molecule is COC(=O)Nc1nc2c(ccc3[nH]c4cnccc4c32)[nH]1. The number of aromatic nitrogens is 4. The fourth-order valence-corrected chi connectivity index (χ4v) is 2.52. The molecule has 0 aliphatic heterocycles. The van der Waals surface area contributed by atoms with E-state index in [2.05, 4.69) is 30.0 Å². The maximum atomic E-state index is 11.3. The molecule has 0 spiro atoms. The van der Waals surface area contributed by atoms with Gasteiger partial charge in [-0.3, -0.25) is 10.3 Å². The van der Waals surface area contributed by atoms with Gasteiger partial charge in [0, 0.05) is 22.5 Å².